The van der Waals surface area contributed by atoms with Gasteiger partial charge in [-0.3, -0.25) is 14.9 Å². The van der Waals surface area contributed by atoms with Crippen molar-refractivity contribution in [2.45, 2.75) is 19.3 Å². The summed E-state index contributed by atoms with van der Waals surface area (Å²) in [7, 11) is 0. The van der Waals surface area contributed by atoms with E-state index in [2.05, 4.69) is 0 Å². The van der Waals surface area contributed by atoms with Crippen LogP contribution < -0.4 is 0 Å². The zero-order chi connectivity index (χ0) is 15.4. The van der Waals surface area contributed by atoms with E-state index in [4.69, 9.17) is 16.7 Å². The topological polar surface area (TPSA) is 83.7 Å². The molecule has 1 aromatic rings. The summed E-state index contributed by atoms with van der Waals surface area (Å²) in [6, 6.07) is 3.88. The van der Waals surface area contributed by atoms with Crippen LogP contribution in [0.2, 0.25) is 5.02 Å². The molecule has 0 radical (unpaired) electrons. The van der Waals surface area contributed by atoms with Gasteiger partial charge in [-0.25, -0.2) is 0 Å². The summed E-state index contributed by atoms with van der Waals surface area (Å²) in [5.74, 6) is -0.0171. The maximum atomic E-state index is 12.5. The summed E-state index contributed by atoms with van der Waals surface area (Å²) in [5.41, 5.74) is 0.0159. The van der Waals surface area contributed by atoms with Crippen LogP contribution in [-0.4, -0.2) is 40.5 Å². The highest BCUT2D eigenvalue weighted by Gasteiger charge is 2.26. The van der Waals surface area contributed by atoms with E-state index in [9.17, 15) is 14.9 Å². The Morgan fingerprint density at radius 3 is 2.95 bits per heavy atom. The van der Waals surface area contributed by atoms with Crippen molar-refractivity contribution in [3.63, 3.8) is 0 Å². The van der Waals surface area contributed by atoms with Crippen LogP contribution in [-0.2, 0) is 0 Å². The molecule has 1 aliphatic heterocycles. The number of hydrogen-bond donors (Lipinski definition) is 1. The lowest BCUT2D eigenvalue weighted by molar-refractivity contribution is -0.384. The van der Waals surface area contributed by atoms with Gasteiger partial charge in [0.05, 0.1) is 15.5 Å². The van der Waals surface area contributed by atoms with Crippen LogP contribution in [0.15, 0.2) is 18.2 Å². The first-order valence-electron chi connectivity index (χ1n) is 6.87. The second-order valence-electron chi connectivity index (χ2n) is 5.19. The number of carbonyl (C=O) groups excluding carboxylic acids is 1. The van der Waals surface area contributed by atoms with E-state index in [-0.39, 0.29) is 34.7 Å². The van der Waals surface area contributed by atoms with E-state index in [1.165, 1.54) is 18.2 Å². The summed E-state index contributed by atoms with van der Waals surface area (Å²) in [6.45, 7) is 1.27. The molecule has 0 aliphatic carbocycles. The van der Waals surface area contributed by atoms with Gasteiger partial charge in [0.1, 0.15) is 0 Å². The lowest BCUT2D eigenvalue weighted by Gasteiger charge is -2.32. The van der Waals surface area contributed by atoms with Gasteiger partial charge < -0.3 is 10.0 Å². The minimum absolute atomic E-state index is 0.101. The van der Waals surface area contributed by atoms with Crippen LogP contribution in [0.5, 0.6) is 0 Å². The van der Waals surface area contributed by atoms with E-state index in [1.54, 1.807) is 4.90 Å². The normalized spacial score (nSPS) is 18.6. The Bertz CT molecular complexity index is 548. The van der Waals surface area contributed by atoms with Gasteiger partial charge in [-0.2, -0.15) is 0 Å². The number of amides is 1. The third-order valence-electron chi connectivity index (χ3n) is 3.73. The Kier molecular flexibility index (Phi) is 5.14. The number of nitrogens with zero attached hydrogens (tertiary/aromatic N) is 2. The second kappa shape index (κ2) is 6.87. The lowest BCUT2D eigenvalue weighted by atomic mass is 9.94. The smallest absolute Gasteiger partial charge is 0.270 e. The molecule has 0 spiro atoms. The standard InChI is InChI=1S/C14H17ClN2O4/c15-13-4-3-11(17(20)21)8-12(13)14(19)16-6-1-2-10(9-16)5-7-18/h3-4,8,10,18H,1-2,5-7,9H2. The Hall–Kier alpha value is -1.66. The number of non-ortho nitro benzene ring substituents is 1. The highest BCUT2D eigenvalue weighted by Crippen LogP contribution is 2.26. The van der Waals surface area contributed by atoms with Crippen LogP contribution in [0, 0.1) is 16.0 Å². The fraction of sp³-hybridized carbons (Fsp3) is 0.500. The molecule has 1 aromatic carbocycles. The molecule has 1 saturated heterocycles. The number of aliphatic hydroxyl groups excluding tert-OH is 1. The summed E-state index contributed by atoms with van der Waals surface area (Å²) >= 11 is 6.00. The molecule has 0 aromatic heterocycles. The summed E-state index contributed by atoms with van der Waals surface area (Å²) in [6.07, 6.45) is 2.50. The number of likely N-dealkylation sites (tertiary alicyclic amines) is 1. The predicted molar refractivity (Wildman–Crippen MR) is 78.4 cm³/mol. The average Bonchev–Trinajstić information content (AvgIpc) is 2.47. The van der Waals surface area contributed by atoms with Crippen LogP contribution in [0.25, 0.3) is 0 Å². The molecular formula is C14H17ClN2O4. The van der Waals surface area contributed by atoms with Gasteiger partial charge >= 0.3 is 0 Å². The number of nitro groups is 1. The maximum Gasteiger partial charge on any atom is 0.270 e. The van der Waals surface area contributed by atoms with Crippen LogP contribution in [0.1, 0.15) is 29.6 Å². The fourth-order valence-electron chi connectivity index (χ4n) is 2.63. The second-order valence-corrected chi connectivity index (χ2v) is 5.60. The molecule has 1 unspecified atom stereocenters. The summed E-state index contributed by atoms with van der Waals surface area (Å²) in [4.78, 5) is 24.4. The number of aliphatic hydroxyl groups is 1. The molecule has 2 rings (SSSR count). The Balaban J connectivity index is 2.19. The van der Waals surface area contributed by atoms with E-state index < -0.39 is 4.92 Å². The van der Waals surface area contributed by atoms with Gasteiger partial charge in [0.25, 0.3) is 11.6 Å². The zero-order valence-electron chi connectivity index (χ0n) is 11.5. The third-order valence-corrected chi connectivity index (χ3v) is 4.06. The molecule has 1 fully saturated rings. The molecule has 1 atom stereocenters. The van der Waals surface area contributed by atoms with Crippen molar-refractivity contribution < 1.29 is 14.8 Å². The third kappa shape index (κ3) is 3.71. The molecule has 21 heavy (non-hydrogen) atoms. The molecule has 6 nitrogen and oxygen atoms in total. The number of piperidine rings is 1. The van der Waals surface area contributed by atoms with Crippen LogP contribution in [0.3, 0.4) is 0 Å². The fourth-order valence-corrected chi connectivity index (χ4v) is 2.83. The average molecular weight is 313 g/mol. The van der Waals surface area contributed by atoms with Crippen LogP contribution >= 0.6 is 11.6 Å². The molecule has 0 saturated carbocycles. The van der Waals surface area contributed by atoms with E-state index in [0.717, 1.165) is 12.8 Å². The number of benzene rings is 1. The minimum atomic E-state index is -0.544. The largest absolute Gasteiger partial charge is 0.396 e. The molecule has 0 bridgehead atoms. The first-order valence-corrected chi connectivity index (χ1v) is 7.24. The minimum Gasteiger partial charge on any atom is -0.396 e. The van der Waals surface area contributed by atoms with Crippen molar-refractivity contribution >= 4 is 23.2 Å². The SMILES string of the molecule is O=C(c1cc([N+](=O)[O-])ccc1Cl)N1CCCC(CCO)C1. The van der Waals surface area contributed by atoms with Gasteiger partial charge in [-0.15, -0.1) is 0 Å². The predicted octanol–water partition coefficient (Wildman–Crippen LogP) is 2.48. The summed E-state index contributed by atoms with van der Waals surface area (Å²) < 4.78 is 0. The van der Waals surface area contributed by atoms with Crippen molar-refractivity contribution in [1.82, 2.24) is 4.90 Å². The van der Waals surface area contributed by atoms with Crippen molar-refractivity contribution in [3.8, 4) is 0 Å². The summed E-state index contributed by atoms with van der Waals surface area (Å²) in [5, 5.41) is 20.0. The number of carbonyl (C=O) groups is 1. The first kappa shape index (κ1) is 15.7. The van der Waals surface area contributed by atoms with Crippen molar-refractivity contribution in [3.05, 3.63) is 38.9 Å². The van der Waals surface area contributed by atoms with Gasteiger partial charge in [0.2, 0.25) is 0 Å². The van der Waals surface area contributed by atoms with Gasteiger partial charge in [0.15, 0.2) is 0 Å². The Labute approximate surface area is 127 Å². The van der Waals surface area contributed by atoms with Crippen molar-refractivity contribution in [2.24, 2.45) is 5.92 Å². The number of nitro benzene ring substituents is 1. The maximum absolute atomic E-state index is 12.5. The lowest BCUT2D eigenvalue weighted by Crippen LogP contribution is -2.40. The molecular weight excluding hydrogens is 296 g/mol. The number of halogens is 1. The molecule has 1 aliphatic rings. The Morgan fingerprint density at radius 1 is 1.52 bits per heavy atom. The first-order chi connectivity index (χ1) is 10.0. The number of rotatable bonds is 4. The van der Waals surface area contributed by atoms with Crippen LogP contribution in [0.4, 0.5) is 5.69 Å². The highest BCUT2D eigenvalue weighted by atomic mass is 35.5. The van der Waals surface area contributed by atoms with Crippen molar-refractivity contribution in [1.29, 1.82) is 0 Å². The Morgan fingerprint density at radius 2 is 2.29 bits per heavy atom. The van der Waals surface area contributed by atoms with E-state index in [1.807, 2.05) is 0 Å². The molecule has 1 heterocycles. The highest BCUT2D eigenvalue weighted by molar-refractivity contribution is 6.33. The van der Waals surface area contributed by atoms with Gasteiger partial charge in [0, 0.05) is 31.8 Å². The van der Waals surface area contributed by atoms with E-state index in [0.29, 0.717) is 19.5 Å². The van der Waals surface area contributed by atoms with Crippen molar-refractivity contribution in [2.75, 3.05) is 19.7 Å². The molecule has 1 amide bonds. The van der Waals surface area contributed by atoms with Gasteiger partial charge in [-0.05, 0) is 31.2 Å². The van der Waals surface area contributed by atoms with E-state index >= 15 is 0 Å². The monoisotopic (exact) mass is 312 g/mol. The zero-order valence-corrected chi connectivity index (χ0v) is 12.3. The molecule has 7 heteroatoms. The molecule has 1 N–H and O–H groups in total. The quantitative estimate of drug-likeness (QED) is 0.684. The molecule has 114 valence electrons. The van der Waals surface area contributed by atoms with Gasteiger partial charge in [-0.1, -0.05) is 11.6 Å². The number of hydrogen-bond acceptors (Lipinski definition) is 4.